The smallest absolute Gasteiger partial charge is 0.0931 e. The molecule has 1 saturated carbocycles. The number of nitrogens with one attached hydrogen (secondary N) is 1. The Morgan fingerprint density at radius 3 is 2.81 bits per heavy atom. The van der Waals surface area contributed by atoms with Crippen LogP contribution in [0.15, 0.2) is 12.1 Å². The van der Waals surface area contributed by atoms with Gasteiger partial charge in [-0.25, -0.2) is 0 Å². The third-order valence-electron chi connectivity index (χ3n) is 5.22. The van der Waals surface area contributed by atoms with Gasteiger partial charge in [-0.2, -0.15) is 0 Å². The molecular formula is C17H27ClN2S. The first-order valence-corrected chi connectivity index (χ1v) is 9.63. The van der Waals surface area contributed by atoms with E-state index in [1.807, 2.05) is 6.07 Å². The van der Waals surface area contributed by atoms with Gasteiger partial charge in [0, 0.05) is 36.6 Å². The van der Waals surface area contributed by atoms with E-state index >= 15 is 0 Å². The Bertz CT molecular complexity index is 442. The number of halogens is 1. The molecule has 2 aliphatic rings. The third kappa shape index (κ3) is 4.22. The molecule has 0 spiro atoms. The van der Waals surface area contributed by atoms with Crippen LogP contribution in [0.5, 0.6) is 0 Å². The van der Waals surface area contributed by atoms with Crippen molar-refractivity contribution in [1.29, 1.82) is 0 Å². The Hall–Kier alpha value is -0.0900. The minimum Gasteiger partial charge on any atom is -0.311 e. The van der Waals surface area contributed by atoms with Gasteiger partial charge in [0.25, 0.3) is 0 Å². The van der Waals surface area contributed by atoms with Gasteiger partial charge in [0.2, 0.25) is 0 Å². The zero-order valence-electron chi connectivity index (χ0n) is 13.0. The van der Waals surface area contributed by atoms with Gasteiger partial charge in [-0.05, 0) is 44.2 Å². The molecule has 2 nitrogen and oxygen atoms in total. The van der Waals surface area contributed by atoms with Crippen LogP contribution in [-0.4, -0.2) is 36.6 Å². The van der Waals surface area contributed by atoms with E-state index in [1.165, 1.54) is 50.1 Å². The first-order chi connectivity index (χ1) is 10.2. The van der Waals surface area contributed by atoms with E-state index in [2.05, 4.69) is 23.2 Å². The van der Waals surface area contributed by atoms with Crippen LogP contribution in [0.25, 0.3) is 0 Å². The monoisotopic (exact) mass is 326 g/mol. The molecule has 2 unspecified atom stereocenters. The quantitative estimate of drug-likeness (QED) is 0.892. The largest absolute Gasteiger partial charge is 0.311 e. The summed E-state index contributed by atoms with van der Waals surface area (Å²) in [6, 6.07) is 5.57. The van der Waals surface area contributed by atoms with E-state index in [9.17, 15) is 0 Å². The highest BCUT2D eigenvalue weighted by molar-refractivity contribution is 7.16. The van der Waals surface area contributed by atoms with Crippen molar-refractivity contribution in [2.45, 2.75) is 57.5 Å². The Kier molecular flexibility index (Phi) is 5.60. The molecule has 4 heteroatoms. The summed E-state index contributed by atoms with van der Waals surface area (Å²) in [4.78, 5) is 4.10. The van der Waals surface area contributed by atoms with Crippen LogP contribution in [0, 0.1) is 5.92 Å². The van der Waals surface area contributed by atoms with Crippen molar-refractivity contribution < 1.29 is 0 Å². The van der Waals surface area contributed by atoms with Crippen molar-refractivity contribution >= 4 is 22.9 Å². The normalized spacial score (nSPS) is 28.9. The van der Waals surface area contributed by atoms with Crippen LogP contribution in [0.4, 0.5) is 0 Å². The molecule has 2 atom stereocenters. The molecule has 0 radical (unpaired) electrons. The third-order valence-corrected chi connectivity index (χ3v) is 6.51. The summed E-state index contributed by atoms with van der Waals surface area (Å²) >= 11 is 7.76. The molecule has 1 N–H and O–H groups in total. The van der Waals surface area contributed by atoms with E-state index in [-0.39, 0.29) is 0 Å². The van der Waals surface area contributed by atoms with Gasteiger partial charge in [0.1, 0.15) is 0 Å². The van der Waals surface area contributed by atoms with E-state index < -0.39 is 0 Å². The average molecular weight is 327 g/mol. The predicted octanol–water partition coefficient (Wildman–Crippen LogP) is 4.19. The number of hydrogen-bond acceptors (Lipinski definition) is 3. The highest BCUT2D eigenvalue weighted by Gasteiger charge is 2.30. The topological polar surface area (TPSA) is 15.3 Å². The highest BCUT2D eigenvalue weighted by atomic mass is 35.5. The molecule has 1 aromatic rings. The molecule has 3 rings (SSSR count). The molecule has 2 heterocycles. The number of piperazine rings is 1. The van der Waals surface area contributed by atoms with Crippen LogP contribution in [0.1, 0.15) is 43.9 Å². The van der Waals surface area contributed by atoms with Gasteiger partial charge in [0.15, 0.2) is 0 Å². The predicted molar refractivity (Wildman–Crippen MR) is 92.4 cm³/mol. The summed E-state index contributed by atoms with van der Waals surface area (Å²) in [5, 5.41) is 3.81. The summed E-state index contributed by atoms with van der Waals surface area (Å²) in [7, 11) is 0. The van der Waals surface area contributed by atoms with Crippen LogP contribution in [-0.2, 0) is 6.42 Å². The Balaban J connectivity index is 1.53. The number of rotatable bonds is 4. The number of nitrogens with zero attached hydrogens (tertiary/aromatic N) is 1. The van der Waals surface area contributed by atoms with Crippen molar-refractivity contribution in [1.82, 2.24) is 10.2 Å². The standard InChI is InChI=1S/C17H27ClN2S/c1-13-11-19-16(14-5-3-2-4-6-14)12-20(13)10-9-15-7-8-17(18)21-15/h7-8,13-14,16,19H,2-6,9-12H2,1H3. The molecule has 1 aliphatic heterocycles. The highest BCUT2D eigenvalue weighted by Crippen LogP contribution is 2.28. The zero-order chi connectivity index (χ0) is 14.7. The van der Waals surface area contributed by atoms with Gasteiger partial charge >= 0.3 is 0 Å². The molecule has 1 aliphatic carbocycles. The summed E-state index contributed by atoms with van der Waals surface area (Å²) in [5.74, 6) is 0.907. The Morgan fingerprint density at radius 1 is 1.29 bits per heavy atom. The van der Waals surface area contributed by atoms with Crippen molar-refractivity contribution in [2.24, 2.45) is 5.92 Å². The van der Waals surface area contributed by atoms with Crippen LogP contribution < -0.4 is 5.32 Å². The van der Waals surface area contributed by atoms with Gasteiger partial charge < -0.3 is 5.32 Å². The van der Waals surface area contributed by atoms with Gasteiger partial charge in [-0.15, -0.1) is 11.3 Å². The molecule has 1 aromatic heterocycles. The van der Waals surface area contributed by atoms with E-state index in [4.69, 9.17) is 11.6 Å². The molecular weight excluding hydrogens is 300 g/mol. The fourth-order valence-corrected chi connectivity index (χ4v) is 4.93. The molecule has 0 bridgehead atoms. The first-order valence-electron chi connectivity index (χ1n) is 8.44. The van der Waals surface area contributed by atoms with E-state index in [1.54, 1.807) is 11.3 Å². The minimum absolute atomic E-state index is 0.653. The molecule has 0 aromatic carbocycles. The van der Waals surface area contributed by atoms with Crippen molar-refractivity contribution in [2.75, 3.05) is 19.6 Å². The maximum Gasteiger partial charge on any atom is 0.0931 e. The van der Waals surface area contributed by atoms with Crippen LogP contribution in [0.3, 0.4) is 0 Å². The zero-order valence-corrected chi connectivity index (χ0v) is 14.6. The lowest BCUT2D eigenvalue weighted by molar-refractivity contribution is 0.106. The summed E-state index contributed by atoms with van der Waals surface area (Å²) < 4.78 is 0.915. The van der Waals surface area contributed by atoms with Gasteiger partial charge in [-0.3, -0.25) is 4.90 Å². The minimum atomic E-state index is 0.653. The lowest BCUT2D eigenvalue weighted by atomic mass is 9.82. The van der Waals surface area contributed by atoms with Crippen molar-refractivity contribution in [3.05, 3.63) is 21.3 Å². The lowest BCUT2D eigenvalue weighted by Crippen LogP contribution is -2.58. The number of hydrogen-bond donors (Lipinski definition) is 1. The fourth-order valence-electron chi connectivity index (χ4n) is 3.85. The lowest BCUT2D eigenvalue weighted by Gasteiger charge is -2.42. The van der Waals surface area contributed by atoms with Gasteiger partial charge in [-0.1, -0.05) is 30.9 Å². The molecule has 118 valence electrons. The fraction of sp³-hybridized carbons (Fsp3) is 0.765. The van der Waals surface area contributed by atoms with Crippen molar-refractivity contribution in [3.63, 3.8) is 0 Å². The molecule has 0 amide bonds. The summed E-state index contributed by atoms with van der Waals surface area (Å²) in [5.41, 5.74) is 0. The SMILES string of the molecule is CC1CNC(C2CCCCC2)CN1CCc1ccc(Cl)s1. The maximum absolute atomic E-state index is 6.03. The second kappa shape index (κ2) is 7.45. The average Bonchev–Trinajstić information content (AvgIpc) is 2.93. The second-order valence-corrected chi connectivity index (χ2v) is 8.51. The molecule has 21 heavy (non-hydrogen) atoms. The van der Waals surface area contributed by atoms with E-state index in [0.717, 1.165) is 23.2 Å². The van der Waals surface area contributed by atoms with E-state index in [0.29, 0.717) is 12.1 Å². The van der Waals surface area contributed by atoms with Crippen molar-refractivity contribution in [3.8, 4) is 0 Å². The second-order valence-electron chi connectivity index (χ2n) is 6.71. The Labute approximate surface area is 137 Å². The maximum atomic E-state index is 6.03. The molecule has 1 saturated heterocycles. The number of thiophene rings is 1. The van der Waals surface area contributed by atoms with Gasteiger partial charge in [0.05, 0.1) is 4.34 Å². The Morgan fingerprint density at radius 2 is 2.10 bits per heavy atom. The summed E-state index contributed by atoms with van der Waals surface area (Å²) in [6.07, 6.45) is 8.32. The first kappa shape index (κ1) is 15.8. The molecule has 2 fully saturated rings. The summed E-state index contributed by atoms with van der Waals surface area (Å²) in [6.45, 7) is 5.89. The van der Waals surface area contributed by atoms with Crippen LogP contribution >= 0.6 is 22.9 Å². The van der Waals surface area contributed by atoms with Crippen LogP contribution in [0.2, 0.25) is 4.34 Å².